The molecule has 0 aliphatic carbocycles. The molecule has 2 atom stereocenters. The Bertz CT molecular complexity index is 1040. The fraction of sp³-hybridized carbons (Fsp3) is 0.182. The Hall–Kier alpha value is -1.46. The molecule has 0 amide bonds. The Labute approximate surface area is 207 Å². The first-order valence-corrected chi connectivity index (χ1v) is 13.0. The second-order valence-electron chi connectivity index (χ2n) is 6.96. The summed E-state index contributed by atoms with van der Waals surface area (Å²) in [5.41, 5.74) is 2.14. The number of hydrogen-bond acceptors (Lipinski definition) is 2. The third kappa shape index (κ3) is 5.87. The van der Waals surface area contributed by atoms with Gasteiger partial charge in [-0.25, -0.2) is 0 Å². The van der Waals surface area contributed by atoms with E-state index < -0.39 is 0 Å². The molecule has 4 aromatic rings. The first-order chi connectivity index (χ1) is 15.0. The average molecular weight is 559 g/mol. The first kappa shape index (κ1) is 22.7. The molecule has 31 heavy (non-hydrogen) atoms. The summed E-state index contributed by atoms with van der Waals surface area (Å²) in [5.74, 6) is 0. The van der Waals surface area contributed by atoms with E-state index in [9.17, 15) is 0 Å². The number of aromatic nitrogens is 4. The summed E-state index contributed by atoms with van der Waals surface area (Å²) < 4.78 is 4.16. The van der Waals surface area contributed by atoms with Crippen LogP contribution in [0.3, 0.4) is 0 Å². The molecule has 9 heteroatoms. The molecule has 0 spiro atoms. The van der Waals surface area contributed by atoms with Crippen molar-refractivity contribution in [1.82, 2.24) is 19.1 Å². The van der Waals surface area contributed by atoms with Gasteiger partial charge in [0.05, 0.1) is 0 Å². The molecule has 0 saturated heterocycles. The Balaban J connectivity index is 1.71. The summed E-state index contributed by atoms with van der Waals surface area (Å²) in [5, 5.41) is 2.59. The molecule has 2 aromatic heterocycles. The van der Waals surface area contributed by atoms with E-state index in [2.05, 4.69) is 19.1 Å². The Morgan fingerprint density at radius 2 is 1.16 bits per heavy atom. The van der Waals surface area contributed by atoms with Gasteiger partial charge in [0.25, 0.3) is 0 Å². The zero-order chi connectivity index (χ0) is 21.8. The Morgan fingerprint density at radius 3 is 1.52 bits per heavy atom. The molecule has 0 N–H and O–H groups in total. The molecule has 0 radical (unpaired) electrons. The molecule has 0 saturated carbocycles. The number of imidazole rings is 2. The molecule has 2 aromatic carbocycles. The van der Waals surface area contributed by atoms with Crippen molar-refractivity contribution in [3.8, 4) is 0 Å². The molecule has 160 valence electrons. The van der Waals surface area contributed by atoms with Crippen LogP contribution in [-0.2, 0) is 13.1 Å². The Kier molecular flexibility index (Phi) is 7.65. The van der Waals surface area contributed by atoms with Gasteiger partial charge in [0, 0.05) is 0 Å². The van der Waals surface area contributed by atoms with Gasteiger partial charge in [-0.1, -0.05) is 0 Å². The van der Waals surface area contributed by atoms with Crippen LogP contribution in [0.25, 0.3) is 0 Å². The van der Waals surface area contributed by atoms with Crippen molar-refractivity contribution in [2.75, 3.05) is 0 Å². The van der Waals surface area contributed by atoms with Crippen molar-refractivity contribution in [3.05, 3.63) is 105 Å². The first-order valence-electron chi connectivity index (χ1n) is 9.46. The van der Waals surface area contributed by atoms with Gasteiger partial charge in [0.15, 0.2) is 0 Å². The summed E-state index contributed by atoms with van der Waals surface area (Å²) in [7, 11) is 0. The topological polar surface area (TPSA) is 35.6 Å². The van der Waals surface area contributed by atoms with E-state index in [0.717, 1.165) is 24.2 Å². The summed E-state index contributed by atoms with van der Waals surface area (Å²) >= 11 is 25.7. The maximum absolute atomic E-state index is 6.63. The van der Waals surface area contributed by atoms with Crippen molar-refractivity contribution < 1.29 is 0 Å². The molecular weight excluding hydrogens is 541 g/mol. The fourth-order valence-corrected chi connectivity index (χ4v) is 8.09. The molecule has 2 unspecified atom stereocenters. The third-order valence-corrected chi connectivity index (χ3v) is 9.01. The van der Waals surface area contributed by atoms with Gasteiger partial charge in [0.1, 0.15) is 0 Å². The van der Waals surface area contributed by atoms with E-state index >= 15 is 0 Å². The minimum absolute atomic E-state index is 0.0729. The second kappa shape index (κ2) is 10.4. The van der Waals surface area contributed by atoms with Crippen molar-refractivity contribution in [3.63, 3.8) is 0 Å². The van der Waals surface area contributed by atoms with Gasteiger partial charge in [-0.05, 0) is 0 Å². The van der Waals surface area contributed by atoms with E-state index in [1.54, 1.807) is 24.5 Å². The summed E-state index contributed by atoms with van der Waals surface area (Å²) in [4.78, 5) is 8.74. The number of benzene rings is 2. The summed E-state index contributed by atoms with van der Waals surface area (Å²) in [6.07, 6.45) is 11.2. The molecule has 0 aliphatic rings. The maximum atomic E-state index is 6.63. The van der Waals surface area contributed by atoms with Crippen molar-refractivity contribution in [2.24, 2.45) is 0 Å². The predicted octanol–water partition coefficient (Wildman–Crippen LogP) is 6.58. The fourth-order valence-electron chi connectivity index (χ4n) is 3.33. The van der Waals surface area contributed by atoms with Crippen LogP contribution in [0.1, 0.15) is 20.8 Å². The molecular formula is C22H18Cl4N4Se. The normalized spacial score (nSPS) is 13.3. The number of nitrogens with zero attached hydrogens (tertiary/aromatic N) is 4. The zero-order valence-corrected chi connectivity index (χ0v) is 20.9. The van der Waals surface area contributed by atoms with Crippen molar-refractivity contribution in [1.29, 1.82) is 0 Å². The van der Waals surface area contributed by atoms with Gasteiger partial charge in [-0.3, -0.25) is 0 Å². The van der Waals surface area contributed by atoms with Crippen LogP contribution in [-0.4, -0.2) is 34.1 Å². The SMILES string of the molecule is Clc1ccc(C(Cn2ccnc2)[Se]C(Cn2ccnc2)c2ccc(Cl)cc2Cl)c(Cl)c1. The predicted molar refractivity (Wildman–Crippen MR) is 129 cm³/mol. The van der Waals surface area contributed by atoms with Crippen LogP contribution >= 0.6 is 46.4 Å². The van der Waals surface area contributed by atoms with E-state index in [1.165, 1.54) is 0 Å². The summed E-state index contributed by atoms with van der Waals surface area (Å²) in [6.45, 7) is 1.51. The van der Waals surface area contributed by atoms with Crippen LogP contribution < -0.4 is 0 Å². The van der Waals surface area contributed by atoms with E-state index in [4.69, 9.17) is 46.4 Å². The molecule has 4 rings (SSSR count). The van der Waals surface area contributed by atoms with Gasteiger partial charge in [-0.15, -0.1) is 0 Å². The third-order valence-electron chi connectivity index (χ3n) is 4.82. The van der Waals surface area contributed by atoms with Crippen LogP contribution in [0, 0.1) is 0 Å². The standard InChI is InChI=1S/C22H18Cl4N4Se/c23-15-1-3-17(19(25)9-15)21(11-29-7-5-27-13-29)31-22(12-30-8-6-28-14-30)18-4-2-16(24)10-20(18)26/h1-10,13-14,21-22H,11-12H2. The number of rotatable bonds is 8. The second-order valence-corrected chi connectivity index (χ2v) is 11.6. The molecule has 2 heterocycles. The van der Waals surface area contributed by atoms with Crippen LogP contribution in [0.2, 0.25) is 20.1 Å². The van der Waals surface area contributed by atoms with Gasteiger partial charge < -0.3 is 0 Å². The molecule has 0 aliphatic heterocycles. The van der Waals surface area contributed by atoms with Gasteiger partial charge in [0.2, 0.25) is 0 Å². The van der Waals surface area contributed by atoms with E-state index in [1.807, 2.05) is 49.3 Å². The number of hydrogen-bond donors (Lipinski definition) is 0. The quantitative estimate of drug-likeness (QED) is 0.229. The van der Waals surface area contributed by atoms with Crippen molar-refractivity contribution in [2.45, 2.75) is 22.7 Å². The monoisotopic (exact) mass is 558 g/mol. The molecule has 0 bridgehead atoms. The summed E-state index contributed by atoms with van der Waals surface area (Å²) in [6, 6.07) is 11.4. The van der Waals surface area contributed by atoms with E-state index in [0.29, 0.717) is 20.1 Å². The minimum atomic E-state index is 0.0729. The van der Waals surface area contributed by atoms with Crippen LogP contribution in [0.15, 0.2) is 73.8 Å². The van der Waals surface area contributed by atoms with Crippen LogP contribution in [0.5, 0.6) is 0 Å². The van der Waals surface area contributed by atoms with Gasteiger partial charge in [-0.2, -0.15) is 0 Å². The zero-order valence-electron chi connectivity index (χ0n) is 16.2. The van der Waals surface area contributed by atoms with Crippen LogP contribution in [0.4, 0.5) is 0 Å². The average Bonchev–Trinajstić information content (AvgIpc) is 3.41. The van der Waals surface area contributed by atoms with E-state index in [-0.39, 0.29) is 24.6 Å². The molecule has 0 fully saturated rings. The van der Waals surface area contributed by atoms with Crippen molar-refractivity contribution >= 4 is 61.4 Å². The Morgan fingerprint density at radius 1 is 0.710 bits per heavy atom. The van der Waals surface area contributed by atoms with Gasteiger partial charge >= 0.3 is 208 Å². The molecule has 4 nitrogen and oxygen atoms in total. The number of halogens is 4.